The fourth-order valence-corrected chi connectivity index (χ4v) is 2.66. The number of hydrogen-bond acceptors (Lipinski definition) is 5. The van der Waals surface area contributed by atoms with Gasteiger partial charge in [0.15, 0.2) is 0 Å². The second-order valence-electron chi connectivity index (χ2n) is 5.42. The molecule has 3 rings (SSSR count). The van der Waals surface area contributed by atoms with Crippen LogP contribution in [0, 0.1) is 6.92 Å². The maximum atomic E-state index is 12.1. The van der Waals surface area contributed by atoms with E-state index in [1.807, 2.05) is 37.3 Å². The topological polar surface area (TPSA) is 79.8 Å². The molecule has 0 aliphatic carbocycles. The second kappa shape index (κ2) is 7.85. The third-order valence-electron chi connectivity index (χ3n) is 3.55. The van der Waals surface area contributed by atoms with Crippen LogP contribution in [-0.2, 0) is 6.54 Å². The maximum Gasteiger partial charge on any atom is 0.254 e. The zero-order chi connectivity index (χ0) is 17.6. The van der Waals surface area contributed by atoms with E-state index >= 15 is 0 Å². The lowest BCUT2D eigenvalue weighted by Crippen LogP contribution is -2.23. The summed E-state index contributed by atoms with van der Waals surface area (Å²) >= 11 is 3.43. The van der Waals surface area contributed by atoms with Crippen LogP contribution in [0.3, 0.4) is 0 Å². The van der Waals surface area contributed by atoms with Crippen molar-refractivity contribution in [2.24, 2.45) is 0 Å². The molecule has 0 saturated heterocycles. The Morgan fingerprint density at radius 1 is 1.12 bits per heavy atom. The minimum Gasteiger partial charge on any atom is -0.348 e. The Hall–Kier alpha value is -2.80. The number of nitrogens with one attached hydrogen (secondary N) is 2. The molecule has 0 unspecified atom stereocenters. The Balaban J connectivity index is 1.62. The summed E-state index contributed by atoms with van der Waals surface area (Å²) in [6.07, 6.45) is 6.39. The van der Waals surface area contributed by atoms with Crippen molar-refractivity contribution < 1.29 is 4.79 Å². The van der Waals surface area contributed by atoms with E-state index in [-0.39, 0.29) is 5.91 Å². The van der Waals surface area contributed by atoms with Crippen LogP contribution in [0.4, 0.5) is 11.6 Å². The number of carbonyl (C=O) groups is 1. The molecule has 6 nitrogen and oxygen atoms in total. The summed E-state index contributed by atoms with van der Waals surface area (Å²) < 4.78 is 1.01. The fraction of sp³-hybridized carbons (Fsp3) is 0.111. The first-order valence-electron chi connectivity index (χ1n) is 7.64. The van der Waals surface area contributed by atoms with E-state index < -0.39 is 0 Å². The van der Waals surface area contributed by atoms with Crippen molar-refractivity contribution >= 4 is 33.5 Å². The smallest absolute Gasteiger partial charge is 0.254 e. The van der Waals surface area contributed by atoms with E-state index in [4.69, 9.17) is 0 Å². The number of halogens is 1. The zero-order valence-electron chi connectivity index (χ0n) is 13.5. The van der Waals surface area contributed by atoms with Gasteiger partial charge in [0, 0.05) is 41.5 Å². The molecule has 1 aromatic carbocycles. The molecule has 0 bridgehead atoms. The van der Waals surface area contributed by atoms with Gasteiger partial charge in [-0.1, -0.05) is 15.9 Å². The molecule has 2 heterocycles. The van der Waals surface area contributed by atoms with Crippen molar-refractivity contribution in [1.82, 2.24) is 20.3 Å². The number of nitrogens with zero attached hydrogens (tertiary/aromatic N) is 3. The molecule has 0 fully saturated rings. The number of carbonyl (C=O) groups excluding carboxylic acids is 1. The molecule has 7 heteroatoms. The highest BCUT2D eigenvalue weighted by atomic mass is 79.9. The summed E-state index contributed by atoms with van der Waals surface area (Å²) in [5.74, 6) is 0.222. The summed E-state index contributed by atoms with van der Waals surface area (Å²) in [4.78, 5) is 24.5. The number of anilines is 2. The molecule has 126 valence electrons. The van der Waals surface area contributed by atoms with Gasteiger partial charge in [-0.2, -0.15) is 0 Å². The van der Waals surface area contributed by atoms with E-state index in [2.05, 4.69) is 41.5 Å². The van der Waals surface area contributed by atoms with Crippen LogP contribution in [0.5, 0.6) is 0 Å². The maximum absolute atomic E-state index is 12.1. The van der Waals surface area contributed by atoms with Crippen LogP contribution in [0.1, 0.15) is 21.5 Å². The van der Waals surface area contributed by atoms with E-state index in [0.29, 0.717) is 18.1 Å². The van der Waals surface area contributed by atoms with Gasteiger partial charge in [-0.3, -0.25) is 9.78 Å². The number of benzene rings is 1. The summed E-state index contributed by atoms with van der Waals surface area (Å²) in [6.45, 7) is 2.42. The van der Waals surface area contributed by atoms with Crippen LogP contribution in [-0.4, -0.2) is 20.9 Å². The van der Waals surface area contributed by atoms with Gasteiger partial charge >= 0.3 is 0 Å². The van der Waals surface area contributed by atoms with Gasteiger partial charge in [-0.05, 0) is 48.4 Å². The Morgan fingerprint density at radius 3 is 2.52 bits per heavy atom. The number of rotatable bonds is 5. The number of hydrogen-bond donors (Lipinski definition) is 2. The lowest BCUT2D eigenvalue weighted by Gasteiger charge is -2.09. The van der Waals surface area contributed by atoms with Crippen LogP contribution in [0.25, 0.3) is 0 Å². The van der Waals surface area contributed by atoms with Crippen LogP contribution in [0.2, 0.25) is 0 Å². The number of pyridine rings is 1. The Morgan fingerprint density at radius 2 is 1.84 bits per heavy atom. The quantitative estimate of drug-likeness (QED) is 0.687. The predicted octanol–water partition coefficient (Wildman–Crippen LogP) is 3.62. The van der Waals surface area contributed by atoms with Gasteiger partial charge < -0.3 is 10.6 Å². The Kier molecular flexibility index (Phi) is 5.35. The SMILES string of the molecule is Cc1cc(Br)ccc1Nc1ncc(C(=O)NCc2ccncc2)cn1. The average Bonchev–Trinajstić information content (AvgIpc) is 2.63. The second-order valence-corrected chi connectivity index (χ2v) is 6.33. The summed E-state index contributed by atoms with van der Waals surface area (Å²) in [5, 5.41) is 5.97. The molecule has 0 saturated carbocycles. The van der Waals surface area contributed by atoms with Gasteiger partial charge in [0.05, 0.1) is 5.56 Å². The number of aromatic nitrogens is 3. The highest BCUT2D eigenvalue weighted by Gasteiger charge is 2.08. The van der Waals surface area contributed by atoms with Crippen molar-refractivity contribution in [3.8, 4) is 0 Å². The predicted molar refractivity (Wildman–Crippen MR) is 99.6 cm³/mol. The van der Waals surface area contributed by atoms with Crippen molar-refractivity contribution in [3.63, 3.8) is 0 Å². The minimum atomic E-state index is -0.219. The monoisotopic (exact) mass is 397 g/mol. The number of aryl methyl sites for hydroxylation is 1. The highest BCUT2D eigenvalue weighted by Crippen LogP contribution is 2.22. The molecule has 0 spiro atoms. The van der Waals surface area contributed by atoms with Gasteiger partial charge in [-0.15, -0.1) is 0 Å². The molecular weight excluding hydrogens is 382 g/mol. The Bertz CT molecular complexity index is 868. The first-order valence-corrected chi connectivity index (χ1v) is 8.43. The summed E-state index contributed by atoms with van der Waals surface area (Å²) in [5.41, 5.74) is 3.37. The first-order chi connectivity index (χ1) is 12.1. The normalized spacial score (nSPS) is 10.3. The summed E-state index contributed by atoms with van der Waals surface area (Å²) in [7, 11) is 0. The Labute approximate surface area is 153 Å². The molecule has 25 heavy (non-hydrogen) atoms. The van der Waals surface area contributed by atoms with Crippen LogP contribution < -0.4 is 10.6 Å². The van der Waals surface area contributed by atoms with Gasteiger partial charge in [0.1, 0.15) is 0 Å². The zero-order valence-corrected chi connectivity index (χ0v) is 15.1. The minimum absolute atomic E-state index is 0.219. The number of amides is 1. The van der Waals surface area contributed by atoms with E-state index in [1.54, 1.807) is 12.4 Å². The standard InChI is InChI=1S/C18H16BrN5O/c1-12-8-15(19)2-3-16(12)24-18-22-10-14(11-23-18)17(25)21-9-13-4-6-20-7-5-13/h2-8,10-11H,9H2,1H3,(H,21,25)(H,22,23,24). The molecule has 2 aromatic heterocycles. The van der Waals surface area contributed by atoms with Gasteiger partial charge in [-0.25, -0.2) is 9.97 Å². The average molecular weight is 398 g/mol. The third-order valence-corrected chi connectivity index (χ3v) is 4.04. The molecule has 3 aromatic rings. The van der Waals surface area contributed by atoms with Crippen LogP contribution >= 0.6 is 15.9 Å². The molecule has 2 N–H and O–H groups in total. The van der Waals surface area contributed by atoms with E-state index in [0.717, 1.165) is 21.3 Å². The van der Waals surface area contributed by atoms with Crippen molar-refractivity contribution in [1.29, 1.82) is 0 Å². The highest BCUT2D eigenvalue weighted by molar-refractivity contribution is 9.10. The van der Waals surface area contributed by atoms with Gasteiger partial charge in [0.2, 0.25) is 5.95 Å². The summed E-state index contributed by atoms with van der Waals surface area (Å²) in [6, 6.07) is 9.59. The fourth-order valence-electron chi connectivity index (χ4n) is 2.18. The lowest BCUT2D eigenvalue weighted by atomic mass is 10.2. The molecule has 1 amide bonds. The van der Waals surface area contributed by atoms with Crippen molar-refractivity contribution in [2.75, 3.05) is 5.32 Å². The lowest BCUT2D eigenvalue weighted by molar-refractivity contribution is 0.0950. The first kappa shape index (κ1) is 17.0. The molecule has 0 radical (unpaired) electrons. The largest absolute Gasteiger partial charge is 0.348 e. The van der Waals surface area contributed by atoms with Crippen molar-refractivity contribution in [2.45, 2.75) is 13.5 Å². The van der Waals surface area contributed by atoms with E-state index in [9.17, 15) is 4.79 Å². The van der Waals surface area contributed by atoms with Crippen molar-refractivity contribution in [3.05, 3.63) is 76.3 Å². The third kappa shape index (κ3) is 4.60. The molecule has 0 aliphatic rings. The van der Waals surface area contributed by atoms with Crippen LogP contribution in [0.15, 0.2) is 59.6 Å². The molecule has 0 atom stereocenters. The van der Waals surface area contributed by atoms with E-state index in [1.165, 1.54) is 12.4 Å². The molecule has 0 aliphatic heterocycles. The van der Waals surface area contributed by atoms with Gasteiger partial charge in [0.25, 0.3) is 5.91 Å². The molecular formula is C18H16BrN5O.